The van der Waals surface area contributed by atoms with Crippen LogP contribution in [0.15, 0.2) is 61.1 Å². The van der Waals surface area contributed by atoms with Gasteiger partial charge in [-0.3, -0.25) is 10.1 Å². The molecule has 0 bridgehead atoms. The molecule has 6 nitrogen and oxygen atoms in total. The largest absolute Gasteiger partial charge is 0.276 e. The minimum absolute atomic E-state index is 0.267. The molecule has 0 aliphatic heterocycles. The van der Waals surface area contributed by atoms with Crippen LogP contribution in [-0.2, 0) is 6.42 Å². The third kappa shape index (κ3) is 3.66. The fourth-order valence-electron chi connectivity index (χ4n) is 4.19. The Morgan fingerprint density at radius 3 is 2.79 bits per heavy atom. The SMILES string of the molecule is CCCc1cc(C)c(-c2cc3c(-c4cnn(-c5ccccc5C#N)c4)n[nH]c3cn2)c(F)c1. The van der Waals surface area contributed by atoms with Crippen LogP contribution in [0.25, 0.3) is 39.1 Å². The average molecular weight is 436 g/mol. The average Bonchev–Trinajstić information content (AvgIpc) is 3.45. The number of nitrogens with one attached hydrogen (secondary N) is 1. The number of para-hydroxylation sites is 1. The molecule has 0 aliphatic rings. The molecule has 3 aromatic heterocycles. The zero-order valence-corrected chi connectivity index (χ0v) is 18.3. The first-order valence-corrected chi connectivity index (χ1v) is 10.8. The molecule has 0 spiro atoms. The summed E-state index contributed by atoms with van der Waals surface area (Å²) in [6, 6.07) is 15.0. The molecule has 7 heteroatoms. The number of aryl methyl sites for hydroxylation is 2. The lowest BCUT2D eigenvalue weighted by Crippen LogP contribution is -1.97. The van der Waals surface area contributed by atoms with Gasteiger partial charge in [0.1, 0.15) is 17.6 Å². The Morgan fingerprint density at radius 1 is 1.15 bits per heavy atom. The van der Waals surface area contributed by atoms with Crippen LogP contribution >= 0.6 is 0 Å². The van der Waals surface area contributed by atoms with Crippen LogP contribution in [0.4, 0.5) is 4.39 Å². The molecule has 3 heterocycles. The third-order valence-corrected chi connectivity index (χ3v) is 5.72. The van der Waals surface area contributed by atoms with Crippen LogP contribution < -0.4 is 0 Å². The number of nitrogens with zero attached hydrogens (tertiary/aromatic N) is 5. The Hall–Kier alpha value is -4.31. The zero-order valence-electron chi connectivity index (χ0n) is 18.3. The van der Waals surface area contributed by atoms with Crippen molar-refractivity contribution in [3.05, 3.63) is 83.6 Å². The van der Waals surface area contributed by atoms with Gasteiger partial charge in [0.05, 0.1) is 34.9 Å². The fraction of sp³-hybridized carbons (Fsp3) is 0.154. The quantitative estimate of drug-likeness (QED) is 0.380. The number of fused-ring (bicyclic) bond motifs is 1. The number of halogens is 1. The second-order valence-corrected chi connectivity index (χ2v) is 8.01. The summed E-state index contributed by atoms with van der Waals surface area (Å²) in [6.07, 6.45) is 7.02. The highest BCUT2D eigenvalue weighted by molar-refractivity contribution is 5.94. The van der Waals surface area contributed by atoms with Crippen molar-refractivity contribution in [3.63, 3.8) is 0 Å². The first-order chi connectivity index (χ1) is 16.1. The fourth-order valence-corrected chi connectivity index (χ4v) is 4.19. The molecule has 162 valence electrons. The number of aromatic nitrogens is 5. The highest BCUT2D eigenvalue weighted by Gasteiger charge is 2.17. The van der Waals surface area contributed by atoms with Crippen molar-refractivity contribution in [2.24, 2.45) is 0 Å². The Labute approximate surface area is 190 Å². The second-order valence-electron chi connectivity index (χ2n) is 8.01. The number of rotatable bonds is 5. The van der Waals surface area contributed by atoms with Crippen LogP contribution in [0.3, 0.4) is 0 Å². The number of hydrogen-bond acceptors (Lipinski definition) is 4. The van der Waals surface area contributed by atoms with E-state index in [0.717, 1.165) is 40.4 Å². The van der Waals surface area contributed by atoms with Gasteiger partial charge in [-0.05, 0) is 48.7 Å². The highest BCUT2D eigenvalue weighted by Crippen LogP contribution is 2.32. The van der Waals surface area contributed by atoms with Crippen molar-refractivity contribution in [1.29, 1.82) is 5.26 Å². The van der Waals surface area contributed by atoms with E-state index >= 15 is 4.39 Å². The molecule has 0 amide bonds. The van der Waals surface area contributed by atoms with Gasteiger partial charge in [-0.2, -0.15) is 15.5 Å². The number of nitriles is 1. The smallest absolute Gasteiger partial charge is 0.133 e. The summed E-state index contributed by atoms with van der Waals surface area (Å²) < 4.78 is 16.7. The molecule has 0 radical (unpaired) electrons. The number of H-pyrrole nitrogens is 1. The number of pyridine rings is 1. The van der Waals surface area contributed by atoms with Crippen LogP contribution in [0.2, 0.25) is 0 Å². The molecule has 2 aromatic carbocycles. The molecule has 0 fully saturated rings. The number of hydrogen-bond donors (Lipinski definition) is 1. The standard InChI is InChI=1S/C26H21FN6/c1-3-6-17-9-16(2)25(21(27)10-17)22-11-20-23(14-29-22)31-32-26(20)19-13-30-33(15-19)24-8-5-4-7-18(24)12-28/h4-5,7-11,13-15H,3,6H2,1-2H3,(H,31,32). The summed E-state index contributed by atoms with van der Waals surface area (Å²) in [6.45, 7) is 3.99. The zero-order chi connectivity index (χ0) is 22.9. The summed E-state index contributed by atoms with van der Waals surface area (Å²) in [7, 11) is 0. The Morgan fingerprint density at radius 2 is 2.00 bits per heavy atom. The van der Waals surface area contributed by atoms with Crippen LogP contribution in [0, 0.1) is 24.1 Å². The minimum atomic E-state index is -0.267. The predicted molar refractivity (Wildman–Crippen MR) is 125 cm³/mol. The number of benzene rings is 2. The summed E-state index contributed by atoms with van der Waals surface area (Å²) in [5, 5.41) is 22.1. The molecular formula is C26H21FN6. The summed E-state index contributed by atoms with van der Waals surface area (Å²) >= 11 is 0. The van der Waals surface area contributed by atoms with E-state index in [2.05, 4.69) is 33.3 Å². The van der Waals surface area contributed by atoms with Crippen molar-refractivity contribution < 1.29 is 4.39 Å². The molecule has 0 saturated heterocycles. The van der Waals surface area contributed by atoms with Crippen LogP contribution in [0.5, 0.6) is 0 Å². The van der Waals surface area contributed by atoms with Crippen molar-refractivity contribution in [2.75, 3.05) is 0 Å². The van der Waals surface area contributed by atoms with Crippen molar-refractivity contribution in [3.8, 4) is 34.3 Å². The number of aromatic amines is 1. The van der Waals surface area contributed by atoms with Crippen molar-refractivity contribution >= 4 is 10.9 Å². The van der Waals surface area contributed by atoms with E-state index in [4.69, 9.17) is 0 Å². The normalized spacial score (nSPS) is 11.1. The maximum absolute atomic E-state index is 15.0. The van der Waals surface area contributed by atoms with E-state index in [0.29, 0.717) is 28.2 Å². The van der Waals surface area contributed by atoms with Gasteiger partial charge in [0.25, 0.3) is 0 Å². The van der Waals surface area contributed by atoms with Gasteiger partial charge in [-0.1, -0.05) is 31.5 Å². The maximum atomic E-state index is 15.0. The van der Waals surface area contributed by atoms with E-state index in [1.54, 1.807) is 29.2 Å². The molecule has 5 aromatic rings. The van der Waals surface area contributed by atoms with Gasteiger partial charge in [-0.15, -0.1) is 0 Å². The maximum Gasteiger partial charge on any atom is 0.133 e. The van der Waals surface area contributed by atoms with Crippen molar-refractivity contribution in [1.82, 2.24) is 25.0 Å². The first-order valence-electron chi connectivity index (χ1n) is 10.8. The van der Waals surface area contributed by atoms with Gasteiger partial charge in [0.2, 0.25) is 0 Å². The van der Waals surface area contributed by atoms with Crippen LogP contribution in [-0.4, -0.2) is 25.0 Å². The van der Waals surface area contributed by atoms with Gasteiger partial charge < -0.3 is 0 Å². The van der Waals surface area contributed by atoms with E-state index in [1.165, 1.54) is 0 Å². The molecule has 0 atom stereocenters. The molecule has 0 aliphatic carbocycles. The Kier molecular flexibility index (Phi) is 5.19. The lowest BCUT2D eigenvalue weighted by molar-refractivity contribution is 0.626. The monoisotopic (exact) mass is 436 g/mol. The molecule has 0 saturated carbocycles. The predicted octanol–water partition coefficient (Wildman–Crippen LogP) is 5.75. The second kappa shape index (κ2) is 8.32. The van der Waals surface area contributed by atoms with Crippen LogP contribution in [0.1, 0.15) is 30.0 Å². The van der Waals surface area contributed by atoms with Gasteiger partial charge >= 0.3 is 0 Å². The molecule has 1 N–H and O–H groups in total. The van der Waals surface area contributed by atoms with E-state index in [-0.39, 0.29) is 5.82 Å². The molecule has 5 rings (SSSR count). The topological polar surface area (TPSA) is 83.2 Å². The Balaban J connectivity index is 1.59. The lowest BCUT2D eigenvalue weighted by atomic mass is 9.98. The molecule has 33 heavy (non-hydrogen) atoms. The minimum Gasteiger partial charge on any atom is -0.276 e. The van der Waals surface area contributed by atoms with Gasteiger partial charge in [-0.25, -0.2) is 9.07 Å². The first kappa shape index (κ1) is 20.6. The third-order valence-electron chi connectivity index (χ3n) is 5.72. The van der Waals surface area contributed by atoms with E-state index in [9.17, 15) is 5.26 Å². The summed E-state index contributed by atoms with van der Waals surface area (Å²) in [5.74, 6) is -0.267. The highest BCUT2D eigenvalue weighted by atomic mass is 19.1. The molecule has 0 unspecified atom stereocenters. The van der Waals surface area contributed by atoms with Gasteiger partial charge in [0.15, 0.2) is 0 Å². The summed E-state index contributed by atoms with van der Waals surface area (Å²) in [5.41, 5.74) is 6.35. The van der Waals surface area contributed by atoms with E-state index < -0.39 is 0 Å². The molecular weight excluding hydrogens is 415 g/mol. The summed E-state index contributed by atoms with van der Waals surface area (Å²) in [4.78, 5) is 4.49. The van der Waals surface area contributed by atoms with Crippen molar-refractivity contribution in [2.45, 2.75) is 26.7 Å². The van der Waals surface area contributed by atoms with E-state index in [1.807, 2.05) is 43.5 Å². The Bertz CT molecular complexity index is 1500. The van der Waals surface area contributed by atoms with Gasteiger partial charge in [0, 0.05) is 22.7 Å². The lowest BCUT2D eigenvalue weighted by Gasteiger charge is -2.10.